The number of rotatable bonds is 2. The Morgan fingerprint density at radius 3 is 1.97 bits per heavy atom. The molecule has 0 bridgehead atoms. The molecule has 29 heavy (non-hydrogen) atoms. The molecule has 0 atom stereocenters. The lowest BCUT2D eigenvalue weighted by atomic mass is 9.37. The molecule has 142 valence electrons. The van der Waals surface area contributed by atoms with E-state index in [1.165, 1.54) is 55.5 Å². The Balaban J connectivity index is 1.77. The van der Waals surface area contributed by atoms with E-state index in [0.717, 1.165) is 0 Å². The van der Waals surface area contributed by atoms with Gasteiger partial charge in [0.25, 0.3) is 0 Å². The highest BCUT2D eigenvalue weighted by Crippen LogP contribution is 2.28. The quantitative estimate of drug-likeness (QED) is 0.330. The lowest BCUT2D eigenvalue weighted by molar-refractivity contribution is -0.670. The Hall–Kier alpha value is -3.07. The van der Waals surface area contributed by atoms with Crippen LogP contribution in [0.1, 0.15) is 22.3 Å². The molecule has 0 N–H and O–H groups in total. The second-order valence-corrected chi connectivity index (χ2v) is 8.60. The second-order valence-electron chi connectivity index (χ2n) is 8.60. The van der Waals surface area contributed by atoms with E-state index in [1.807, 2.05) is 0 Å². The third kappa shape index (κ3) is 2.84. The van der Waals surface area contributed by atoms with Gasteiger partial charge in [-0.05, 0) is 51.0 Å². The van der Waals surface area contributed by atoms with E-state index in [-0.39, 0.29) is 6.71 Å². The van der Waals surface area contributed by atoms with E-state index in [4.69, 9.17) is 0 Å². The Bertz CT molecular complexity index is 1210. The van der Waals surface area contributed by atoms with Crippen molar-refractivity contribution in [2.24, 2.45) is 7.05 Å². The van der Waals surface area contributed by atoms with E-state index < -0.39 is 0 Å². The Labute approximate surface area is 173 Å². The molecule has 5 rings (SSSR count). The van der Waals surface area contributed by atoms with Gasteiger partial charge < -0.3 is 0 Å². The molecule has 2 heterocycles. The summed E-state index contributed by atoms with van der Waals surface area (Å²) < 4.78 is 4.26. The summed E-state index contributed by atoms with van der Waals surface area (Å²) in [4.78, 5) is 0. The van der Waals surface area contributed by atoms with E-state index in [1.54, 1.807) is 0 Å². The minimum absolute atomic E-state index is 0.283. The molecule has 0 amide bonds. The molecule has 1 aliphatic rings. The van der Waals surface area contributed by atoms with Gasteiger partial charge in [0, 0.05) is 0 Å². The third-order valence-electron chi connectivity index (χ3n) is 6.20. The Kier molecular flexibility index (Phi) is 4.02. The monoisotopic (exact) mass is 377 g/mol. The summed E-state index contributed by atoms with van der Waals surface area (Å²) in [6, 6.07) is 18.4. The molecule has 0 aliphatic carbocycles. The van der Waals surface area contributed by atoms with Crippen LogP contribution in [-0.2, 0) is 7.05 Å². The topological polar surface area (TPSA) is 8.81 Å². The van der Waals surface area contributed by atoms with Crippen LogP contribution in [0, 0.1) is 27.7 Å². The van der Waals surface area contributed by atoms with Crippen molar-refractivity contribution in [2.45, 2.75) is 27.7 Å². The molecule has 0 spiro atoms. The molecule has 1 aromatic heterocycles. The molecular formula is C26H26BN2+. The fourth-order valence-corrected chi connectivity index (χ4v) is 5.12. The summed E-state index contributed by atoms with van der Waals surface area (Å²) in [5.74, 6) is 0. The van der Waals surface area contributed by atoms with Gasteiger partial charge in [0.1, 0.15) is 18.1 Å². The normalized spacial score (nSPS) is 12.2. The minimum atomic E-state index is 0.283. The largest absolute Gasteiger partial charge is 0.248 e. The highest BCUT2D eigenvalue weighted by Gasteiger charge is 2.36. The van der Waals surface area contributed by atoms with Gasteiger partial charge in [0.15, 0.2) is 0 Å². The number of benzene rings is 3. The molecular weight excluding hydrogens is 351 g/mol. The molecule has 0 radical (unpaired) electrons. The number of imidazole rings is 1. The van der Waals surface area contributed by atoms with Crippen LogP contribution in [-0.4, -0.2) is 11.3 Å². The van der Waals surface area contributed by atoms with Gasteiger partial charge in [-0.1, -0.05) is 75.0 Å². The standard InChI is InChI=1S/C26H26BN2/c1-17-11-19(3)25-23(13-17)24-14-18(2)12-20(4)26(24)27(25)21-7-6-8-22(15-21)29-10-9-28(5)16-29/h6-16H,1-5H3/q+1. The first kappa shape index (κ1) is 18.0. The SMILES string of the molecule is Cc1cc(C)c2c(c1)-c1cc(C)cc(C)c1B2c1cccc(-n2cc[n+](C)c2)c1. The average Bonchev–Trinajstić information content (AvgIpc) is 3.24. The predicted molar refractivity (Wildman–Crippen MR) is 122 cm³/mol. The lowest BCUT2D eigenvalue weighted by Gasteiger charge is -2.16. The molecule has 0 fully saturated rings. The summed E-state index contributed by atoms with van der Waals surface area (Å²) in [6.07, 6.45) is 6.30. The highest BCUT2D eigenvalue weighted by atomic mass is 15.1. The van der Waals surface area contributed by atoms with Crippen LogP contribution in [0.4, 0.5) is 0 Å². The van der Waals surface area contributed by atoms with Gasteiger partial charge in [-0.2, -0.15) is 0 Å². The third-order valence-corrected chi connectivity index (χ3v) is 6.20. The minimum Gasteiger partial charge on any atom is -0.239 e. The van der Waals surface area contributed by atoms with Gasteiger partial charge >= 0.3 is 0 Å². The number of hydrogen-bond donors (Lipinski definition) is 0. The van der Waals surface area contributed by atoms with Crippen molar-refractivity contribution in [3.63, 3.8) is 0 Å². The van der Waals surface area contributed by atoms with Crippen LogP contribution in [0.5, 0.6) is 0 Å². The van der Waals surface area contributed by atoms with Crippen LogP contribution in [0.2, 0.25) is 0 Å². The molecule has 2 nitrogen and oxygen atoms in total. The lowest BCUT2D eigenvalue weighted by Crippen LogP contribution is -2.50. The average molecular weight is 377 g/mol. The predicted octanol–water partition coefficient (Wildman–Crippen LogP) is 3.03. The van der Waals surface area contributed by atoms with Gasteiger partial charge in [-0.3, -0.25) is 0 Å². The maximum Gasteiger partial charge on any atom is 0.248 e. The van der Waals surface area contributed by atoms with E-state index >= 15 is 0 Å². The summed E-state index contributed by atoms with van der Waals surface area (Å²) in [5, 5.41) is 0. The Morgan fingerprint density at radius 2 is 1.41 bits per heavy atom. The fraction of sp³-hybridized carbons (Fsp3) is 0.192. The van der Waals surface area contributed by atoms with Gasteiger partial charge in [-0.25, -0.2) is 9.13 Å². The zero-order valence-corrected chi connectivity index (χ0v) is 17.8. The van der Waals surface area contributed by atoms with E-state index in [0.29, 0.717) is 0 Å². The van der Waals surface area contributed by atoms with Crippen LogP contribution in [0.25, 0.3) is 16.8 Å². The zero-order valence-electron chi connectivity index (χ0n) is 17.8. The molecule has 0 saturated heterocycles. The number of aromatic nitrogens is 2. The van der Waals surface area contributed by atoms with Crippen molar-refractivity contribution in [2.75, 3.05) is 0 Å². The summed E-state index contributed by atoms with van der Waals surface area (Å²) >= 11 is 0. The van der Waals surface area contributed by atoms with Gasteiger partial charge in [0.05, 0.1) is 7.05 Å². The molecule has 1 aliphatic heterocycles. The summed E-state index contributed by atoms with van der Waals surface area (Å²) in [5.41, 5.74) is 13.8. The number of fused-ring (bicyclic) bond motifs is 3. The maximum atomic E-state index is 2.37. The molecule has 0 unspecified atom stereocenters. The smallest absolute Gasteiger partial charge is 0.239 e. The fourth-order valence-electron chi connectivity index (χ4n) is 5.12. The first-order valence-corrected chi connectivity index (χ1v) is 10.3. The van der Waals surface area contributed by atoms with Gasteiger partial charge in [0.2, 0.25) is 13.0 Å². The first-order chi connectivity index (χ1) is 13.9. The van der Waals surface area contributed by atoms with Crippen molar-refractivity contribution >= 4 is 23.1 Å². The number of aryl methyl sites for hydroxylation is 5. The van der Waals surface area contributed by atoms with Crippen molar-refractivity contribution in [3.05, 3.63) is 89.5 Å². The van der Waals surface area contributed by atoms with Crippen LogP contribution < -0.4 is 21.0 Å². The molecule has 4 aromatic rings. The van der Waals surface area contributed by atoms with Crippen LogP contribution in [0.15, 0.2) is 67.3 Å². The number of hydrogen-bond acceptors (Lipinski definition) is 0. The maximum absolute atomic E-state index is 2.37. The highest BCUT2D eigenvalue weighted by molar-refractivity contribution is 6.99. The zero-order chi connectivity index (χ0) is 20.3. The van der Waals surface area contributed by atoms with E-state index in [9.17, 15) is 0 Å². The Morgan fingerprint density at radius 1 is 0.793 bits per heavy atom. The van der Waals surface area contributed by atoms with Crippen molar-refractivity contribution in [1.82, 2.24) is 4.57 Å². The second kappa shape index (κ2) is 6.48. The number of nitrogens with zero attached hydrogens (tertiary/aromatic N) is 2. The first-order valence-electron chi connectivity index (χ1n) is 10.3. The van der Waals surface area contributed by atoms with Crippen LogP contribution in [0.3, 0.4) is 0 Å². The summed E-state index contributed by atoms with van der Waals surface area (Å²) in [6.45, 7) is 9.22. The van der Waals surface area contributed by atoms with Crippen LogP contribution >= 0.6 is 0 Å². The molecule has 3 heteroatoms. The molecule has 3 aromatic carbocycles. The van der Waals surface area contributed by atoms with Crippen molar-refractivity contribution in [3.8, 4) is 16.8 Å². The molecule has 0 saturated carbocycles. The summed E-state index contributed by atoms with van der Waals surface area (Å²) in [7, 11) is 2.06. The van der Waals surface area contributed by atoms with E-state index in [2.05, 4.69) is 111 Å². The van der Waals surface area contributed by atoms with Gasteiger partial charge in [-0.15, -0.1) is 0 Å². The van der Waals surface area contributed by atoms with Crippen molar-refractivity contribution < 1.29 is 4.57 Å². The van der Waals surface area contributed by atoms with Crippen molar-refractivity contribution in [1.29, 1.82) is 0 Å².